The van der Waals surface area contributed by atoms with Crippen LogP contribution in [0.2, 0.25) is 0 Å². The topological polar surface area (TPSA) is 78.5 Å². The molecule has 4 amide bonds. The van der Waals surface area contributed by atoms with E-state index in [2.05, 4.69) is 22.8 Å². The lowest BCUT2D eigenvalue weighted by Gasteiger charge is -2.14. The van der Waals surface area contributed by atoms with Crippen molar-refractivity contribution in [2.45, 2.75) is 25.1 Å². The number of urea groups is 1. The number of nitrogens with one attached hydrogen (secondary N) is 2. The predicted molar refractivity (Wildman–Crippen MR) is 111 cm³/mol. The fourth-order valence-electron chi connectivity index (χ4n) is 2.85. The summed E-state index contributed by atoms with van der Waals surface area (Å²) >= 11 is 1.77. The smallest absolute Gasteiger partial charge is 0.319 e. The van der Waals surface area contributed by atoms with Crippen molar-refractivity contribution in [2.75, 3.05) is 17.6 Å². The molecule has 0 aromatic heterocycles. The van der Waals surface area contributed by atoms with Gasteiger partial charge >= 0.3 is 6.03 Å². The van der Waals surface area contributed by atoms with Crippen LogP contribution in [0.1, 0.15) is 24.0 Å². The molecule has 7 heteroatoms. The van der Waals surface area contributed by atoms with Crippen LogP contribution in [0.25, 0.3) is 0 Å². The van der Waals surface area contributed by atoms with Crippen LogP contribution in [0, 0.1) is 0 Å². The molecular formula is C21H23N3O3S. The third-order valence-corrected chi connectivity index (χ3v) is 5.38. The van der Waals surface area contributed by atoms with Gasteiger partial charge in [-0.2, -0.15) is 11.8 Å². The third-order valence-electron chi connectivity index (χ3n) is 4.35. The predicted octanol–water partition coefficient (Wildman–Crippen LogP) is 3.39. The van der Waals surface area contributed by atoms with Crippen molar-refractivity contribution >= 4 is 35.3 Å². The maximum absolute atomic E-state index is 12.0. The largest absolute Gasteiger partial charge is 0.337 e. The monoisotopic (exact) mass is 397 g/mol. The Labute approximate surface area is 168 Å². The van der Waals surface area contributed by atoms with Gasteiger partial charge in [0.1, 0.15) is 0 Å². The van der Waals surface area contributed by atoms with Gasteiger partial charge in [-0.1, -0.05) is 42.5 Å². The summed E-state index contributed by atoms with van der Waals surface area (Å²) in [5.74, 6) is 1.50. The van der Waals surface area contributed by atoms with Gasteiger partial charge in [0.15, 0.2) is 0 Å². The van der Waals surface area contributed by atoms with E-state index in [-0.39, 0.29) is 24.4 Å². The molecule has 1 heterocycles. The maximum atomic E-state index is 12.0. The summed E-state index contributed by atoms with van der Waals surface area (Å²) in [5, 5.41) is 5.62. The molecule has 2 N–H and O–H groups in total. The average Bonchev–Trinajstić information content (AvgIpc) is 3.02. The number of hydrogen-bond acceptors (Lipinski definition) is 4. The van der Waals surface area contributed by atoms with Crippen molar-refractivity contribution in [3.8, 4) is 0 Å². The molecule has 6 nitrogen and oxygen atoms in total. The molecular weight excluding hydrogens is 374 g/mol. The van der Waals surface area contributed by atoms with Gasteiger partial charge < -0.3 is 10.6 Å². The first-order chi connectivity index (χ1) is 13.6. The van der Waals surface area contributed by atoms with Gasteiger partial charge in [-0.15, -0.1) is 0 Å². The Kier molecular flexibility index (Phi) is 7.08. The summed E-state index contributed by atoms with van der Waals surface area (Å²) in [6.45, 7) is 0.864. The number of nitrogens with zero attached hydrogens (tertiary/aromatic N) is 1. The molecule has 0 aliphatic carbocycles. The van der Waals surface area contributed by atoms with Crippen LogP contribution in [0.4, 0.5) is 10.5 Å². The third kappa shape index (κ3) is 5.85. The molecule has 2 aromatic rings. The molecule has 0 radical (unpaired) electrons. The summed E-state index contributed by atoms with van der Waals surface area (Å²) in [4.78, 5) is 36.6. The maximum Gasteiger partial charge on any atom is 0.319 e. The van der Waals surface area contributed by atoms with Crippen LogP contribution < -0.4 is 10.6 Å². The average molecular weight is 398 g/mol. The van der Waals surface area contributed by atoms with Crippen LogP contribution in [-0.4, -0.2) is 35.0 Å². The molecule has 2 aromatic carbocycles. The summed E-state index contributed by atoms with van der Waals surface area (Å²) in [6.07, 6.45) is 0.588. The number of carbonyl (C=O) groups is 3. The second-order valence-electron chi connectivity index (χ2n) is 6.49. The first kappa shape index (κ1) is 19.9. The molecule has 0 spiro atoms. The van der Waals surface area contributed by atoms with E-state index >= 15 is 0 Å². The Bertz CT molecular complexity index is 809. The lowest BCUT2D eigenvalue weighted by molar-refractivity contribution is -0.139. The van der Waals surface area contributed by atoms with Crippen molar-refractivity contribution in [1.29, 1.82) is 0 Å². The Balaban J connectivity index is 1.36. The van der Waals surface area contributed by atoms with Crippen molar-refractivity contribution < 1.29 is 14.4 Å². The highest BCUT2D eigenvalue weighted by Gasteiger charge is 2.28. The minimum absolute atomic E-state index is 0.128. The normalized spacial score (nSPS) is 13.6. The van der Waals surface area contributed by atoms with Crippen LogP contribution in [0.5, 0.6) is 0 Å². The van der Waals surface area contributed by atoms with Crippen LogP contribution in [-0.2, 0) is 21.9 Å². The second kappa shape index (κ2) is 9.94. The molecule has 1 fully saturated rings. The number of rotatable bonds is 8. The van der Waals surface area contributed by atoms with Gasteiger partial charge in [0.2, 0.25) is 11.8 Å². The van der Waals surface area contributed by atoms with Crippen LogP contribution in [0.3, 0.4) is 0 Å². The van der Waals surface area contributed by atoms with Gasteiger partial charge in [0, 0.05) is 36.6 Å². The van der Waals surface area contributed by atoms with E-state index < -0.39 is 0 Å². The van der Waals surface area contributed by atoms with E-state index in [0.717, 1.165) is 17.1 Å². The summed E-state index contributed by atoms with van der Waals surface area (Å²) in [7, 11) is 0. The van der Waals surface area contributed by atoms with Gasteiger partial charge in [0.05, 0.1) is 6.54 Å². The zero-order chi connectivity index (χ0) is 19.8. The van der Waals surface area contributed by atoms with Crippen molar-refractivity contribution in [1.82, 2.24) is 10.2 Å². The molecule has 28 heavy (non-hydrogen) atoms. The second-order valence-corrected chi connectivity index (χ2v) is 7.59. The molecule has 0 bridgehead atoms. The SMILES string of the molecule is O=C(NCCSCc1ccccc1)Nc1ccc(CN2C(=O)CCC2=O)cc1. The number of carbonyl (C=O) groups excluding carboxylic acids is 3. The van der Waals surface area contributed by atoms with Crippen molar-refractivity contribution in [2.24, 2.45) is 0 Å². The van der Waals surface area contributed by atoms with Gasteiger partial charge in [0.25, 0.3) is 0 Å². The molecule has 0 saturated carbocycles. The molecule has 1 aliphatic heterocycles. The number of likely N-dealkylation sites (tertiary alicyclic amines) is 1. The fourth-order valence-corrected chi connectivity index (χ4v) is 3.67. The molecule has 3 rings (SSSR count). The fraction of sp³-hybridized carbons (Fsp3) is 0.286. The first-order valence-electron chi connectivity index (χ1n) is 9.20. The Morgan fingerprint density at radius 2 is 1.61 bits per heavy atom. The van der Waals surface area contributed by atoms with E-state index in [9.17, 15) is 14.4 Å². The number of thioether (sulfide) groups is 1. The van der Waals surface area contributed by atoms with E-state index in [1.165, 1.54) is 10.5 Å². The lowest BCUT2D eigenvalue weighted by atomic mass is 10.2. The summed E-state index contributed by atoms with van der Waals surface area (Å²) in [6, 6.07) is 17.1. The highest BCUT2D eigenvalue weighted by atomic mass is 32.2. The van der Waals surface area contributed by atoms with Crippen molar-refractivity contribution in [3.63, 3.8) is 0 Å². The minimum atomic E-state index is -0.252. The summed E-state index contributed by atoms with van der Waals surface area (Å²) in [5.41, 5.74) is 2.79. The quantitative estimate of drug-likeness (QED) is 0.529. The Hall–Kier alpha value is -2.80. The Morgan fingerprint density at radius 1 is 0.929 bits per heavy atom. The number of benzene rings is 2. The van der Waals surface area contributed by atoms with Crippen LogP contribution >= 0.6 is 11.8 Å². The highest BCUT2D eigenvalue weighted by Crippen LogP contribution is 2.17. The zero-order valence-electron chi connectivity index (χ0n) is 15.5. The van der Waals surface area contributed by atoms with Crippen LogP contribution in [0.15, 0.2) is 54.6 Å². The zero-order valence-corrected chi connectivity index (χ0v) is 16.3. The first-order valence-corrected chi connectivity index (χ1v) is 10.4. The molecule has 0 atom stereocenters. The molecule has 0 unspecified atom stereocenters. The lowest BCUT2D eigenvalue weighted by Crippen LogP contribution is -2.30. The van der Waals surface area contributed by atoms with E-state index in [4.69, 9.17) is 0 Å². The Morgan fingerprint density at radius 3 is 2.29 bits per heavy atom. The van der Waals surface area contributed by atoms with Gasteiger partial charge in [-0.3, -0.25) is 14.5 Å². The van der Waals surface area contributed by atoms with Crippen molar-refractivity contribution in [3.05, 3.63) is 65.7 Å². The number of amides is 4. The highest BCUT2D eigenvalue weighted by molar-refractivity contribution is 7.98. The number of hydrogen-bond donors (Lipinski definition) is 2. The van der Waals surface area contributed by atoms with E-state index in [0.29, 0.717) is 25.1 Å². The minimum Gasteiger partial charge on any atom is -0.337 e. The number of anilines is 1. The molecule has 1 aliphatic rings. The molecule has 146 valence electrons. The standard InChI is InChI=1S/C21H23N3O3S/c25-19-10-11-20(26)24(19)14-16-6-8-18(9-7-16)23-21(27)22-12-13-28-15-17-4-2-1-3-5-17/h1-9H,10-15H2,(H2,22,23,27). The van der Waals surface area contributed by atoms with Gasteiger partial charge in [-0.25, -0.2) is 4.79 Å². The van der Waals surface area contributed by atoms with Gasteiger partial charge in [-0.05, 0) is 23.3 Å². The molecule has 1 saturated heterocycles. The van der Waals surface area contributed by atoms with E-state index in [1.807, 2.05) is 30.3 Å². The summed E-state index contributed by atoms with van der Waals surface area (Å²) < 4.78 is 0. The van der Waals surface area contributed by atoms with E-state index in [1.54, 1.807) is 23.9 Å². The number of imide groups is 1.